The van der Waals surface area contributed by atoms with E-state index in [9.17, 15) is 9.59 Å². The van der Waals surface area contributed by atoms with E-state index in [1.54, 1.807) is 18.2 Å². The predicted molar refractivity (Wildman–Crippen MR) is 72.9 cm³/mol. The van der Waals surface area contributed by atoms with Crippen molar-refractivity contribution in [2.45, 2.75) is 6.92 Å². The number of hydrogen-bond donors (Lipinski definition) is 0. The van der Waals surface area contributed by atoms with Gasteiger partial charge in [-0.25, -0.2) is 0 Å². The third-order valence-electron chi connectivity index (χ3n) is 3.67. The van der Waals surface area contributed by atoms with E-state index < -0.39 is 0 Å². The van der Waals surface area contributed by atoms with Gasteiger partial charge in [-0.15, -0.1) is 0 Å². The zero-order chi connectivity index (χ0) is 13.9. The van der Waals surface area contributed by atoms with E-state index in [-0.39, 0.29) is 11.6 Å². The Labute approximate surface area is 114 Å². The number of nitrogens with zero attached hydrogens (tertiary/aromatic N) is 1. The van der Waals surface area contributed by atoms with Gasteiger partial charge in [-0.1, -0.05) is 29.4 Å². The molecule has 0 spiro atoms. The Balaban J connectivity index is 2.20. The Hall–Kier alpha value is -2.75. The van der Waals surface area contributed by atoms with Crippen LogP contribution in [0.5, 0.6) is 0 Å². The minimum absolute atomic E-state index is 0.0589. The quantitative estimate of drug-likeness (QED) is 0.495. The second-order valence-electron chi connectivity index (χ2n) is 4.83. The van der Waals surface area contributed by atoms with Crippen molar-refractivity contribution in [1.29, 1.82) is 0 Å². The molecule has 0 atom stereocenters. The summed E-state index contributed by atoms with van der Waals surface area (Å²) in [5.74, 6) is 0.410. The third-order valence-corrected chi connectivity index (χ3v) is 3.67. The van der Waals surface area contributed by atoms with Crippen LogP contribution in [-0.2, 0) is 0 Å². The van der Waals surface area contributed by atoms with Crippen LogP contribution >= 0.6 is 0 Å². The van der Waals surface area contributed by atoms with Gasteiger partial charge in [0.15, 0.2) is 17.3 Å². The molecule has 96 valence electrons. The van der Waals surface area contributed by atoms with Crippen LogP contribution in [0, 0.1) is 0 Å². The molecule has 0 unspecified atom stereocenters. The van der Waals surface area contributed by atoms with Crippen LogP contribution < -0.4 is 0 Å². The second-order valence-corrected chi connectivity index (χ2v) is 4.83. The highest BCUT2D eigenvalue weighted by Gasteiger charge is 2.30. The van der Waals surface area contributed by atoms with Crippen LogP contribution in [0.1, 0.15) is 33.2 Å². The van der Waals surface area contributed by atoms with E-state index in [0.717, 1.165) is 5.56 Å². The molecular formula is C16H9NO3. The van der Waals surface area contributed by atoms with E-state index in [2.05, 4.69) is 5.16 Å². The normalized spacial score (nSPS) is 12.6. The van der Waals surface area contributed by atoms with Gasteiger partial charge >= 0.3 is 0 Å². The Morgan fingerprint density at radius 2 is 1.80 bits per heavy atom. The summed E-state index contributed by atoms with van der Waals surface area (Å²) in [5, 5.41) is 4.64. The lowest BCUT2D eigenvalue weighted by Crippen LogP contribution is -2.09. The summed E-state index contributed by atoms with van der Waals surface area (Å²) in [6, 6.07) is 10.6. The average Bonchev–Trinajstić information content (AvgIpc) is 2.89. The zero-order valence-corrected chi connectivity index (χ0v) is 10.6. The first-order valence-corrected chi connectivity index (χ1v) is 6.26. The number of rotatable bonds is 1. The summed E-state index contributed by atoms with van der Waals surface area (Å²) in [6.07, 6.45) is 0. The van der Waals surface area contributed by atoms with Crippen molar-refractivity contribution in [3.05, 3.63) is 53.1 Å². The molecule has 0 amide bonds. The monoisotopic (exact) mass is 263 g/mol. The third kappa shape index (κ3) is 1.23. The van der Waals surface area contributed by atoms with Crippen molar-refractivity contribution in [3.63, 3.8) is 0 Å². The molecule has 1 aliphatic carbocycles. The average molecular weight is 263 g/mol. The van der Waals surface area contributed by atoms with Crippen molar-refractivity contribution < 1.29 is 14.1 Å². The summed E-state index contributed by atoms with van der Waals surface area (Å²) < 4.78 is 5.41. The standard InChI is InChI=1S/C16H9NO3/c1-8(18)9-6-7-12-13-14(9)17-20-16(13)11-5-3-2-4-10(11)15(12)19/h2-7H,1H3. The molecule has 0 saturated carbocycles. The van der Waals surface area contributed by atoms with E-state index in [1.165, 1.54) is 6.92 Å². The highest BCUT2D eigenvalue weighted by atomic mass is 16.5. The van der Waals surface area contributed by atoms with Crippen LogP contribution in [-0.4, -0.2) is 16.7 Å². The van der Waals surface area contributed by atoms with E-state index >= 15 is 0 Å². The van der Waals surface area contributed by atoms with Gasteiger partial charge in [0.05, 0.1) is 5.39 Å². The number of fused-ring (bicyclic) bond motifs is 2. The molecule has 4 nitrogen and oxygen atoms in total. The maximum atomic E-state index is 12.5. The van der Waals surface area contributed by atoms with Crippen molar-refractivity contribution >= 4 is 22.5 Å². The Morgan fingerprint density at radius 1 is 1.05 bits per heavy atom. The molecule has 20 heavy (non-hydrogen) atoms. The van der Waals surface area contributed by atoms with E-state index in [4.69, 9.17) is 4.52 Å². The van der Waals surface area contributed by atoms with Crippen LogP contribution in [0.3, 0.4) is 0 Å². The van der Waals surface area contributed by atoms with E-state index in [1.807, 2.05) is 18.2 Å². The van der Waals surface area contributed by atoms with Gasteiger partial charge in [-0.05, 0) is 19.1 Å². The molecule has 2 aromatic carbocycles. The summed E-state index contributed by atoms with van der Waals surface area (Å²) in [6.45, 7) is 1.48. The molecule has 0 aliphatic heterocycles. The lowest BCUT2D eigenvalue weighted by atomic mass is 9.87. The topological polar surface area (TPSA) is 60.2 Å². The number of carbonyl (C=O) groups excluding carboxylic acids is 2. The molecule has 0 radical (unpaired) electrons. The van der Waals surface area contributed by atoms with Crippen molar-refractivity contribution in [3.8, 4) is 11.3 Å². The first kappa shape index (κ1) is 11.1. The summed E-state index contributed by atoms with van der Waals surface area (Å²) in [4.78, 5) is 24.2. The van der Waals surface area contributed by atoms with Gasteiger partial charge in [0.2, 0.25) is 0 Å². The van der Waals surface area contributed by atoms with Crippen LogP contribution in [0.4, 0.5) is 0 Å². The molecule has 1 heterocycles. The molecular weight excluding hydrogens is 254 g/mol. The molecule has 1 aliphatic rings. The number of ketones is 2. The second kappa shape index (κ2) is 3.63. The fraction of sp³-hybridized carbons (Fsp3) is 0.0625. The Kier molecular flexibility index (Phi) is 2.02. The number of carbonyl (C=O) groups is 2. The summed E-state index contributed by atoms with van der Waals surface area (Å²) in [7, 11) is 0. The molecule has 4 rings (SSSR count). The van der Waals surface area contributed by atoms with E-state index in [0.29, 0.717) is 33.4 Å². The van der Waals surface area contributed by atoms with Crippen molar-refractivity contribution in [1.82, 2.24) is 5.16 Å². The van der Waals surface area contributed by atoms with Gasteiger partial charge in [0.1, 0.15) is 5.52 Å². The number of aromatic nitrogens is 1. The largest absolute Gasteiger partial charge is 0.355 e. The number of benzene rings is 2. The minimum Gasteiger partial charge on any atom is -0.355 e. The van der Waals surface area contributed by atoms with Gasteiger partial charge < -0.3 is 4.52 Å². The van der Waals surface area contributed by atoms with Crippen LogP contribution in [0.15, 0.2) is 40.9 Å². The van der Waals surface area contributed by atoms with Gasteiger partial charge in [0, 0.05) is 22.3 Å². The zero-order valence-electron chi connectivity index (χ0n) is 10.6. The van der Waals surface area contributed by atoms with Crippen LogP contribution in [0.25, 0.3) is 22.2 Å². The summed E-state index contributed by atoms with van der Waals surface area (Å²) >= 11 is 0. The summed E-state index contributed by atoms with van der Waals surface area (Å²) in [5.41, 5.74) is 2.82. The lowest BCUT2D eigenvalue weighted by molar-refractivity contribution is 0.101. The lowest BCUT2D eigenvalue weighted by Gasteiger charge is -2.13. The minimum atomic E-state index is -0.0947. The molecule has 4 heteroatoms. The van der Waals surface area contributed by atoms with Crippen LogP contribution in [0.2, 0.25) is 0 Å². The van der Waals surface area contributed by atoms with Gasteiger partial charge in [-0.2, -0.15) is 0 Å². The Morgan fingerprint density at radius 3 is 2.55 bits per heavy atom. The molecule has 3 aromatic rings. The molecule has 1 aromatic heterocycles. The highest BCUT2D eigenvalue weighted by Crippen LogP contribution is 2.40. The smallest absolute Gasteiger partial charge is 0.194 e. The maximum Gasteiger partial charge on any atom is 0.194 e. The highest BCUT2D eigenvalue weighted by molar-refractivity contribution is 6.26. The molecule has 0 bridgehead atoms. The fourth-order valence-corrected chi connectivity index (χ4v) is 2.73. The first-order chi connectivity index (χ1) is 9.68. The fourth-order valence-electron chi connectivity index (χ4n) is 2.73. The predicted octanol–water partition coefficient (Wildman–Crippen LogP) is 3.24. The van der Waals surface area contributed by atoms with Gasteiger partial charge in [-0.3, -0.25) is 9.59 Å². The van der Waals surface area contributed by atoms with Crippen molar-refractivity contribution in [2.24, 2.45) is 0 Å². The maximum absolute atomic E-state index is 12.5. The molecule has 0 N–H and O–H groups in total. The molecule has 0 saturated heterocycles. The first-order valence-electron chi connectivity index (χ1n) is 6.26. The number of hydrogen-bond acceptors (Lipinski definition) is 4. The Bertz CT molecular complexity index is 905. The number of Topliss-reactive ketones (excluding diaryl/α,β-unsaturated/α-hetero) is 1. The van der Waals surface area contributed by atoms with Gasteiger partial charge in [0.25, 0.3) is 0 Å². The molecule has 0 fully saturated rings. The van der Waals surface area contributed by atoms with Crippen molar-refractivity contribution in [2.75, 3.05) is 0 Å². The SMILES string of the molecule is CC(=O)c1ccc2c3c(onc13)-c1ccccc1C2=O.